The van der Waals surface area contributed by atoms with Crippen LogP contribution in [0.4, 0.5) is 5.69 Å². The normalized spacial score (nSPS) is 22.8. The van der Waals surface area contributed by atoms with E-state index in [4.69, 9.17) is 37.9 Å². The molecule has 4 aromatic carbocycles. The highest BCUT2D eigenvalue weighted by molar-refractivity contribution is 5.96. The van der Waals surface area contributed by atoms with Crippen LogP contribution in [0.5, 0.6) is 5.75 Å². The van der Waals surface area contributed by atoms with Crippen molar-refractivity contribution in [1.29, 1.82) is 0 Å². The number of hydrogen-bond donors (Lipinski definition) is 1. The van der Waals surface area contributed by atoms with E-state index in [0.29, 0.717) is 46.2 Å². The maximum absolute atomic E-state index is 13.4. The van der Waals surface area contributed by atoms with E-state index >= 15 is 0 Å². The Morgan fingerprint density at radius 3 is 1.81 bits per heavy atom. The number of ether oxygens (including phenoxy) is 8. The molecule has 10 nitrogen and oxygen atoms in total. The summed E-state index contributed by atoms with van der Waals surface area (Å²) >= 11 is 0. The van der Waals surface area contributed by atoms with Gasteiger partial charge in [-0.05, 0) is 80.5 Å². The van der Waals surface area contributed by atoms with E-state index in [1.54, 1.807) is 0 Å². The molecule has 0 aromatic heterocycles. The van der Waals surface area contributed by atoms with Crippen molar-refractivity contribution in [3.63, 3.8) is 0 Å². The first-order chi connectivity index (χ1) is 27.5. The lowest BCUT2D eigenvalue weighted by atomic mass is 9.85. The Hall–Kier alpha value is -4.13. The van der Waals surface area contributed by atoms with E-state index < -0.39 is 35.8 Å². The second kappa shape index (κ2) is 20.0. The average molecular weight is 782 g/mol. The molecule has 10 heteroatoms. The summed E-state index contributed by atoms with van der Waals surface area (Å²) in [5, 5.41) is 3.11. The van der Waals surface area contributed by atoms with Crippen LogP contribution in [0.3, 0.4) is 0 Å². The van der Waals surface area contributed by atoms with Gasteiger partial charge >= 0.3 is 0 Å². The van der Waals surface area contributed by atoms with E-state index in [1.807, 2.05) is 133 Å². The first-order valence-corrected chi connectivity index (χ1v) is 20.0. The molecular weight excluding hydrogens is 723 g/mol. The average Bonchev–Trinajstić information content (AvgIpc) is 3.20. The molecule has 2 aliphatic rings. The van der Waals surface area contributed by atoms with E-state index in [-0.39, 0.29) is 12.0 Å². The van der Waals surface area contributed by atoms with E-state index in [1.165, 1.54) is 0 Å². The minimum Gasteiger partial charge on any atom is -0.494 e. The van der Waals surface area contributed by atoms with Crippen LogP contribution in [0.2, 0.25) is 0 Å². The van der Waals surface area contributed by atoms with Gasteiger partial charge in [-0.3, -0.25) is 4.79 Å². The number of aryl methyl sites for hydroxylation is 2. The maximum atomic E-state index is 13.4. The molecule has 2 saturated heterocycles. The zero-order chi connectivity index (χ0) is 40.3. The highest BCUT2D eigenvalue weighted by Crippen LogP contribution is 2.36. The van der Waals surface area contributed by atoms with Gasteiger partial charge in [0.1, 0.15) is 30.2 Å². The summed E-state index contributed by atoms with van der Waals surface area (Å²) in [5.74, 6) is -0.265. The van der Waals surface area contributed by atoms with Crippen molar-refractivity contribution in [1.82, 2.24) is 0 Å². The van der Waals surface area contributed by atoms with Crippen molar-refractivity contribution in [3.8, 4) is 5.75 Å². The van der Waals surface area contributed by atoms with Crippen LogP contribution in [0.1, 0.15) is 68.4 Å². The fraction of sp³-hybridized carbons (Fsp3) is 0.468. The van der Waals surface area contributed by atoms with E-state index in [9.17, 15) is 4.79 Å². The second-order valence-corrected chi connectivity index (χ2v) is 16.1. The standard InChI is InChI=1S/C47H59NO9/c1-33-26-38(27-34(2)40(33)48-44(49)43-46(3,4)32-56-47(5,6)57-43)50-24-16-17-25-51-45-42(54-30-37-22-14-9-15-23-37)41(53-29-36-20-12-8-13-21-36)39(31-55-45)52-28-35-18-10-7-11-19-35/h7-15,18-23,26-27,39,41-43,45H,16-17,24-25,28-32H2,1-6H3,(H,48,49)/t39-,41+,42-,43?,45+/m1/s1. The molecule has 0 bridgehead atoms. The van der Waals surface area contributed by atoms with Gasteiger partial charge in [0.15, 0.2) is 12.1 Å². The Balaban J connectivity index is 1.04. The molecule has 5 atom stereocenters. The Morgan fingerprint density at radius 1 is 0.702 bits per heavy atom. The largest absolute Gasteiger partial charge is 0.494 e. The van der Waals surface area contributed by atoms with Gasteiger partial charge in [0.2, 0.25) is 0 Å². The summed E-state index contributed by atoms with van der Waals surface area (Å²) < 4.78 is 50.4. The van der Waals surface area contributed by atoms with Crippen LogP contribution in [0, 0.1) is 19.3 Å². The van der Waals surface area contributed by atoms with Crippen LogP contribution in [0.15, 0.2) is 103 Å². The van der Waals surface area contributed by atoms with Gasteiger partial charge in [0.05, 0.1) is 39.6 Å². The van der Waals surface area contributed by atoms with Crippen molar-refractivity contribution >= 4 is 11.6 Å². The van der Waals surface area contributed by atoms with Crippen molar-refractivity contribution in [3.05, 3.63) is 131 Å². The van der Waals surface area contributed by atoms with Crippen molar-refractivity contribution in [2.75, 3.05) is 31.7 Å². The number of unbranched alkanes of at least 4 members (excludes halogenated alkanes) is 1. The number of hydrogen-bond acceptors (Lipinski definition) is 9. The lowest BCUT2D eigenvalue weighted by Crippen LogP contribution is -2.56. The van der Waals surface area contributed by atoms with Gasteiger partial charge < -0.3 is 43.2 Å². The zero-order valence-corrected chi connectivity index (χ0v) is 34.2. The molecule has 57 heavy (non-hydrogen) atoms. The topological polar surface area (TPSA) is 103 Å². The first kappa shape index (κ1) is 42.5. The van der Waals surface area contributed by atoms with Gasteiger partial charge in [-0.2, -0.15) is 0 Å². The summed E-state index contributed by atoms with van der Waals surface area (Å²) in [6.45, 7) is 14.4. The molecule has 0 radical (unpaired) electrons. The summed E-state index contributed by atoms with van der Waals surface area (Å²) in [6, 6.07) is 34.2. The highest BCUT2D eigenvalue weighted by atomic mass is 16.7. The lowest BCUT2D eigenvalue weighted by molar-refractivity contribution is -0.303. The van der Waals surface area contributed by atoms with E-state index in [0.717, 1.165) is 52.1 Å². The molecule has 0 saturated carbocycles. The van der Waals surface area contributed by atoms with Gasteiger partial charge in [0.25, 0.3) is 5.91 Å². The number of rotatable bonds is 18. The third-order valence-electron chi connectivity index (χ3n) is 10.2. The second-order valence-electron chi connectivity index (χ2n) is 16.1. The molecular formula is C47H59NO9. The molecule has 2 heterocycles. The Labute approximate surface area is 338 Å². The molecule has 0 spiro atoms. The van der Waals surface area contributed by atoms with Crippen molar-refractivity contribution < 1.29 is 42.7 Å². The van der Waals surface area contributed by atoms with Crippen molar-refractivity contribution in [2.45, 2.75) is 111 Å². The molecule has 6 rings (SSSR count). The summed E-state index contributed by atoms with van der Waals surface area (Å²) in [4.78, 5) is 13.4. The molecule has 4 aromatic rings. The van der Waals surface area contributed by atoms with Crippen molar-refractivity contribution in [2.24, 2.45) is 5.41 Å². The Bertz CT molecular complexity index is 1810. The summed E-state index contributed by atoms with van der Waals surface area (Å²) in [7, 11) is 0. The summed E-state index contributed by atoms with van der Waals surface area (Å²) in [5.41, 5.74) is 5.31. The number of benzene rings is 4. The number of nitrogens with one attached hydrogen (secondary N) is 1. The molecule has 0 aliphatic carbocycles. The number of carbonyl (C=O) groups excluding carboxylic acids is 1. The zero-order valence-electron chi connectivity index (χ0n) is 34.2. The smallest absolute Gasteiger partial charge is 0.254 e. The molecule has 1 N–H and O–H groups in total. The van der Waals surface area contributed by atoms with Crippen LogP contribution >= 0.6 is 0 Å². The van der Waals surface area contributed by atoms with Gasteiger partial charge in [0, 0.05) is 17.7 Å². The van der Waals surface area contributed by atoms with E-state index in [2.05, 4.69) is 17.4 Å². The van der Waals surface area contributed by atoms with Gasteiger partial charge in [-0.15, -0.1) is 0 Å². The first-order valence-electron chi connectivity index (χ1n) is 20.0. The lowest BCUT2D eigenvalue weighted by Gasteiger charge is -2.44. The van der Waals surface area contributed by atoms with Crippen LogP contribution in [0.25, 0.3) is 0 Å². The Kier molecular flexibility index (Phi) is 14.9. The molecule has 2 aliphatic heterocycles. The van der Waals surface area contributed by atoms with Gasteiger partial charge in [-0.25, -0.2) is 0 Å². The fourth-order valence-corrected chi connectivity index (χ4v) is 7.03. The third kappa shape index (κ3) is 12.2. The SMILES string of the molecule is Cc1cc(OCCCCO[C@H]2OC[C@@H](OCc3ccccc3)[C@H](OCc3ccccc3)[C@H]2OCc2ccccc2)cc(C)c1NC(=O)C1OC(C)(C)OCC1(C)C. The minimum atomic E-state index is -0.828. The molecule has 1 amide bonds. The number of carbonyl (C=O) groups is 1. The number of amides is 1. The predicted octanol–water partition coefficient (Wildman–Crippen LogP) is 8.71. The molecule has 1 unspecified atom stereocenters. The number of anilines is 1. The maximum Gasteiger partial charge on any atom is 0.254 e. The quantitative estimate of drug-likeness (QED) is 0.0994. The van der Waals surface area contributed by atoms with Crippen LogP contribution < -0.4 is 10.1 Å². The fourth-order valence-electron chi connectivity index (χ4n) is 7.03. The molecule has 306 valence electrons. The monoisotopic (exact) mass is 781 g/mol. The molecule has 2 fully saturated rings. The third-order valence-corrected chi connectivity index (χ3v) is 10.2. The Morgan fingerprint density at radius 2 is 1.23 bits per heavy atom. The highest BCUT2D eigenvalue weighted by Gasteiger charge is 2.46. The predicted molar refractivity (Wildman–Crippen MR) is 219 cm³/mol. The van der Waals surface area contributed by atoms with Gasteiger partial charge in [-0.1, -0.05) is 105 Å². The van der Waals surface area contributed by atoms with Crippen LogP contribution in [-0.4, -0.2) is 68.8 Å². The van der Waals surface area contributed by atoms with Crippen LogP contribution in [-0.2, 0) is 57.8 Å². The minimum absolute atomic E-state index is 0.185. The summed E-state index contributed by atoms with van der Waals surface area (Å²) in [6.07, 6.45) is -1.14.